The van der Waals surface area contributed by atoms with Gasteiger partial charge in [-0.1, -0.05) is 330 Å². The number of hydrogen-bond acceptors (Lipinski definition) is 6. The number of carbonyl (C=O) groups excluding carboxylic acids is 3. The van der Waals surface area contributed by atoms with Crippen molar-refractivity contribution < 1.29 is 28.6 Å². The van der Waals surface area contributed by atoms with E-state index < -0.39 is 12.1 Å². The lowest BCUT2D eigenvalue weighted by atomic mass is 10.0. The number of rotatable bonds is 65. The Bertz CT molecular complexity index is 1610. The summed E-state index contributed by atoms with van der Waals surface area (Å²) < 4.78 is 16.9. The van der Waals surface area contributed by atoms with Gasteiger partial charge in [-0.15, -0.1) is 0 Å². The van der Waals surface area contributed by atoms with E-state index in [0.717, 1.165) is 77.0 Å². The normalized spacial score (nSPS) is 12.7. The van der Waals surface area contributed by atoms with Crippen molar-refractivity contribution in [2.75, 3.05) is 13.2 Å². The monoisotopic (exact) mass is 1160 g/mol. The van der Waals surface area contributed by atoms with Crippen molar-refractivity contribution in [3.8, 4) is 0 Å². The van der Waals surface area contributed by atoms with Gasteiger partial charge in [-0.05, 0) is 103 Å². The van der Waals surface area contributed by atoms with Crippen LogP contribution in [0.15, 0.2) is 97.2 Å². The molecule has 0 aromatic heterocycles. The fourth-order valence-electron chi connectivity index (χ4n) is 10.3. The van der Waals surface area contributed by atoms with E-state index in [2.05, 4.69) is 106 Å². The summed E-state index contributed by atoms with van der Waals surface area (Å²) in [6, 6.07) is 0. The molecule has 0 amide bonds. The van der Waals surface area contributed by atoms with Crippen LogP contribution >= 0.6 is 0 Å². The molecule has 0 N–H and O–H groups in total. The second kappa shape index (κ2) is 70.8. The molecular formula is C77H134O6. The van der Waals surface area contributed by atoms with Crippen molar-refractivity contribution in [3.05, 3.63) is 97.2 Å². The van der Waals surface area contributed by atoms with Crippen molar-refractivity contribution in [3.63, 3.8) is 0 Å². The maximum absolute atomic E-state index is 13.0. The third-order valence-corrected chi connectivity index (χ3v) is 15.6. The maximum Gasteiger partial charge on any atom is 0.309 e. The predicted octanol–water partition coefficient (Wildman–Crippen LogP) is 24.8. The number of allylic oxidation sites excluding steroid dienone is 15. The largest absolute Gasteiger partial charge is 0.462 e. The molecule has 0 aliphatic carbocycles. The van der Waals surface area contributed by atoms with Gasteiger partial charge in [-0.25, -0.2) is 0 Å². The van der Waals surface area contributed by atoms with Crippen molar-refractivity contribution in [1.82, 2.24) is 0 Å². The Morgan fingerprint density at radius 3 is 0.855 bits per heavy atom. The van der Waals surface area contributed by atoms with Gasteiger partial charge in [0.05, 0.1) is 6.42 Å². The summed E-state index contributed by atoms with van der Waals surface area (Å²) in [6.45, 7) is 6.47. The summed E-state index contributed by atoms with van der Waals surface area (Å²) in [5.74, 6) is -1.02. The highest BCUT2D eigenvalue weighted by Crippen LogP contribution is 2.17. The van der Waals surface area contributed by atoms with Crippen LogP contribution < -0.4 is 0 Å². The molecule has 1 atom stereocenters. The third-order valence-electron chi connectivity index (χ3n) is 15.6. The first-order chi connectivity index (χ1) is 41.0. The molecule has 0 rings (SSSR count). The smallest absolute Gasteiger partial charge is 0.309 e. The molecular weight excluding hydrogens is 1020 g/mol. The zero-order valence-corrected chi connectivity index (χ0v) is 54.9. The highest BCUT2D eigenvalue weighted by Gasteiger charge is 2.19. The highest BCUT2D eigenvalue weighted by molar-refractivity contribution is 5.72. The van der Waals surface area contributed by atoms with Crippen molar-refractivity contribution >= 4 is 17.9 Å². The van der Waals surface area contributed by atoms with Gasteiger partial charge in [0, 0.05) is 12.8 Å². The summed E-state index contributed by atoms with van der Waals surface area (Å²) in [4.78, 5) is 38.4. The molecule has 0 bridgehead atoms. The minimum Gasteiger partial charge on any atom is -0.462 e. The van der Waals surface area contributed by atoms with E-state index in [1.54, 1.807) is 0 Å². The van der Waals surface area contributed by atoms with E-state index in [4.69, 9.17) is 14.2 Å². The molecule has 0 aromatic rings. The van der Waals surface area contributed by atoms with Gasteiger partial charge in [0.1, 0.15) is 13.2 Å². The first kappa shape index (κ1) is 79.3. The third kappa shape index (κ3) is 69.0. The second-order valence-corrected chi connectivity index (χ2v) is 23.8. The number of ether oxygens (including phenoxy) is 3. The van der Waals surface area contributed by atoms with Gasteiger partial charge < -0.3 is 14.2 Å². The van der Waals surface area contributed by atoms with Crippen molar-refractivity contribution in [1.29, 1.82) is 0 Å². The molecule has 0 spiro atoms. The van der Waals surface area contributed by atoms with Crippen LogP contribution in [-0.4, -0.2) is 37.2 Å². The van der Waals surface area contributed by atoms with Crippen LogP contribution in [0.4, 0.5) is 0 Å². The Labute approximate surface area is 515 Å². The summed E-state index contributed by atoms with van der Waals surface area (Å²) in [5, 5.41) is 0. The maximum atomic E-state index is 13.0. The Balaban J connectivity index is 4.34. The van der Waals surface area contributed by atoms with E-state index in [0.29, 0.717) is 12.8 Å². The lowest BCUT2D eigenvalue weighted by Gasteiger charge is -2.18. The quantitative estimate of drug-likeness (QED) is 0.0261. The van der Waals surface area contributed by atoms with E-state index in [1.807, 2.05) is 12.2 Å². The average molecular weight is 1160 g/mol. The SMILES string of the molecule is CC/C=C\C/C=C\C/C=C\C/C=C\C/C=C\CC(=O)OCC(COC(=O)CCCCCCCCCCCCCCCCC/C=C\C/C=C\CCCCCCC)OC(=O)CCCCCCCCCCCCC/C=C\CCCCCCCCCC. The molecule has 0 saturated heterocycles. The molecule has 83 heavy (non-hydrogen) atoms. The topological polar surface area (TPSA) is 78.9 Å². The van der Waals surface area contributed by atoms with Gasteiger partial charge in [0.2, 0.25) is 0 Å². The number of unbranched alkanes of at least 4 members (excludes halogenated alkanes) is 39. The molecule has 0 aliphatic rings. The lowest BCUT2D eigenvalue weighted by Crippen LogP contribution is -2.30. The van der Waals surface area contributed by atoms with Gasteiger partial charge in [0.15, 0.2) is 6.10 Å². The summed E-state index contributed by atoms with van der Waals surface area (Å²) in [7, 11) is 0. The van der Waals surface area contributed by atoms with E-state index in [1.165, 1.54) is 238 Å². The van der Waals surface area contributed by atoms with E-state index in [9.17, 15) is 14.4 Å². The zero-order chi connectivity index (χ0) is 59.9. The van der Waals surface area contributed by atoms with Crippen LogP contribution in [0.2, 0.25) is 0 Å². The van der Waals surface area contributed by atoms with Crippen LogP contribution in [0, 0.1) is 0 Å². The number of hydrogen-bond donors (Lipinski definition) is 0. The Hall–Kier alpha value is -3.67. The number of esters is 3. The zero-order valence-electron chi connectivity index (χ0n) is 54.9. The molecule has 0 heterocycles. The molecule has 0 fully saturated rings. The van der Waals surface area contributed by atoms with Gasteiger partial charge in [0.25, 0.3) is 0 Å². The van der Waals surface area contributed by atoms with Gasteiger partial charge in [-0.3, -0.25) is 14.4 Å². The summed E-state index contributed by atoms with van der Waals surface area (Å²) >= 11 is 0. The Kier molecular flexibility index (Phi) is 67.7. The minimum atomic E-state index is -0.820. The molecule has 6 nitrogen and oxygen atoms in total. The minimum absolute atomic E-state index is 0.106. The Morgan fingerprint density at radius 2 is 0.518 bits per heavy atom. The van der Waals surface area contributed by atoms with E-state index in [-0.39, 0.29) is 31.6 Å². The molecule has 0 aromatic carbocycles. The van der Waals surface area contributed by atoms with Crippen LogP contribution in [-0.2, 0) is 28.6 Å². The molecule has 0 saturated carbocycles. The number of carbonyl (C=O) groups is 3. The van der Waals surface area contributed by atoms with Crippen molar-refractivity contribution in [2.24, 2.45) is 0 Å². The molecule has 0 aliphatic heterocycles. The van der Waals surface area contributed by atoms with Crippen LogP contribution in [0.5, 0.6) is 0 Å². The standard InChI is InChI=1S/C77H134O6/c1-4-7-10-13-16-19-22-25-28-30-32-34-36-37-38-39-41-42-44-46-49-52-55-58-61-64-67-70-76(79)82-73-74(72-81-75(78)69-66-63-60-57-54-51-48-27-24-21-18-15-12-9-6-3)83-77(80)71-68-65-62-59-56-53-50-47-45-43-40-35-33-31-29-26-23-20-17-14-11-8-5-2/h9,12,18,21-22,25,27,30-33,48,54,57,63,66,74H,4-8,10-11,13-17,19-20,23-24,26,28-29,34-47,49-53,55-56,58-62,64-65,67-73H2,1-3H3/b12-9-,21-18-,25-22-,32-30-,33-31-,48-27-,57-54-,66-63-. The molecule has 478 valence electrons. The van der Waals surface area contributed by atoms with Crippen LogP contribution in [0.3, 0.4) is 0 Å². The molecule has 0 radical (unpaired) electrons. The summed E-state index contributed by atoms with van der Waals surface area (Å²) in [5.41, 5.74) is 0. The van der Waals surface area contributed by atoms with Gasteiger partial charge >= 0.3 is 17.9 Å². The predicted molar refractivity (Wildman–Crippen MR) is 362 cm³/mol. The van der Waals surface area contributed by atoms with Crippen molar-refractivity contribution in [2.45, 2.75) is 361 Å². The second-order valence-electron chi connectivity index (χ2n) is 23.8. The fourth-order valence-corrected chi connectivity index (χ4v) is 10.3. The lowest BCUT2D eigenvalue weighted by molar-refractivity contribution is -0.166. The highest BCUT2D eigenvalue weighted by atomic mass is 16.6. The molecule has 1 unspecified atom stereocenters. The molecule has 6 heteroatoms. The Morgan fingerprint density at radius 1 is 0.265 bits per heavy atom. The summed E-state index contributed by atoms with van der Waals surface area (Å²) in [6.07, 6.45) is 96.1. The van der Waals surface area contributed by atoms with E-state index >= 15 is 0 Å². The van der Waals surface area contributed by atoms with Gasteiger partial charge in [-0.2, -0.15) is 0 Å². The average Bonchev–Trinajstić information content (AvgIpc) is 3.49. The van der Waals surface area contributed by atoms with Crippen LogP contribution in [0.25, 0.3) is 0 Å². The fraction of sp³-hybridized carbons (Fsp3) is 0.753. The van der Waals surface area contributed by atoms with Crippen LogP contribution in [0.1, 0.15) is 355 Å². The first-order valence-corrected chi connectivity index (χ1v) is 35.7. The first-order valence-electron chi connectivity index (χ1n) is 35.7.